The van der Waals surface area contributed by atoms with Crippen molar-refractivity contribution in [3.63, 3.8) is 0 Å². The van der Waals surface area contributed by atoms with Crippen LogP contribution < -0.4 is 5.32 Å². The van der Waals surface area contributed by atoms with Gasteiger partial charge >= 0.3 is 0 Å². The first-order chi connectivity index (χ1) is 8.33. The van der Waals surface area contributed by atoms with Gasteiger partial charge in [-0.3, -0.25) is 14.3 Å². The maximum atomic E-state index is 4.36. The number of halogens is 1. The maximum absolute atomic E-state index is 4.36. The molecule has 2 aromatic heterocycles. The first-order valence-corrected chi connectivity index (χ1v) is 6.04. The van der Waals surface area contributed by atoms with E-state index in [1.807, 2.05) is 12.4 Å². The Hall–Kier alpha value is -1.17. The van der Waals surface area contributed by atoms with Gasteiger partial charge in [0.05, 0.1) is 18.1 Å². The highest BCUT2D eigenvalue weighted by atomic mass is 35.5. The standard InChI is InChI=1S/C12H17N5.ClH/c1-10-8-16(4-3-14-10)9-11-6-15-12-7-13-2-5-17(11)12;/h2,5-7,10,14H,3-4,8-9H2,1H3;1H/t10-;/m0./s1. The number of imidazole rings is 1. The Bertz CT molecular complexity index is 512. The van der Waals surface area contributed by atoms with E-state index in [9.17, 15) is 0 Å². The molecule has 0 amide bonds. The average molecular weight is 268 g/mol. The lowest BCUT2D eigenvalue weighted by Crippen LogP contribution is -2.48. The minimum atomic E-state index is 0. The summed E-state index contributed by atoms with van der Waals surface area (Å²) in [4.78, 5) is 10.9. The van der Waals surface area contributed by atoms with Gasteiger partial charge in [0, 0.05) is 44.6 Å². The first-order valence-electron chi connectivity index (χ1n) is 6.04. The molecule has 0 bridgehead atoms. The smallest absolute Gasteiger partial charge is 0.155 e. The van der Waals surface area contributed by atoms with Crippen molar-refractivity contribution in [2.24, 2.45) is 0 Å². The zero-order valence-corrected chi connectivity index (χ0v) is 11.2. The summed E-state index contributed by atoms with van der Waals surface area (Å²) in [6, 6.07) is 0.574. The van der Waals surface area contributed by atoms with E-state index in [-0.39, 0.29) is 12.4 Å². The number of nitrogens with one attached hydrogen (secondary N) is 1. The van der Waals surface area contributed by atoms with Crippen LogP contribution >= 0.6 is 12.4 Å². The predicted molar refractivity (Wildman–Crippen MR) is 73.0 cm³/mol. The first kappa shape index (κ1) is 13.3. The second-order valence-corrected chi connectivity index (χ2v) is 4.64. The molecule has 0 unspecified atom stereocenters. The zero-order chi connectivity index (χ0) is 11.7. The molecule has 0 radical (unpaired) electrons. The van der Waals surface area contributed by atoms with Gasteiger partial charge in [-0.25, -0.2) is 4.98 Å². The van der Waals surface area contributed by atoms with Crippen LogP contribution in [-0.4, -0.2) is 44.9 Å². The van der Waals surface area contributed by atoms with E-state index in [1.54, 1.807) is 12.4 Å². The van der Waals surface area contributed by atoms with Crippen LogP contribution in [0.5, 0.6) is 0 Å². The number of hydrogen-bond acceptors (Lipinski definition) is 4. The van der Waals surface area contributed by atoms with Gasteiger partial charge in [0.25, 0.3) is 0 Å². The number of aromatic nitrogens is 3. The van der Waals surface area contributed by atoms with E-state index < -0.39 is 0 Å². The van der Waals surface area contributed by atoms with Crippen LogP contribution in [0.15, 0.2) is 24.8 Å². The number of piperazine rings is 1. The Morgan fingerprint density at radius 1 is 1.44 bits per heavy atom. The Labute approximate surface area is 113 Å². The predicted octanol–water partition coefficient (Wildman–Crippen LogP) is 0.945. The lowest BCUT2D eigenvalue weighted by atomic mass is 10.2. The molecule has 2 aromatic rings. The van der Waals surface area contributed by atoms with Gasteiger partial charge in [0.2, 0.25) is 0 Å². The number of hydrogen-bond donors (Lipinski definition) is 1. The van der Waals surface area contributed by atoms with Crippen LogP contribution in [0, 0.1) is 0 Å². The van der Waals surface area contributed by atoms with Gasteiger partial charge in [-0.2, -0.15) is 0 Å². The summed E-state index contributed by atoms with van der Waals surface area (Å²) >= 11 is 0. The molecule has 6 heteroatoms. The van der Waals surface area contributed by atoms with Crippen LogP contribution in [0.1, 0.15) is 12.6 Å². The Morgan fingerprint density at radius 2 is 2.33 bits per heavy atom. The van der Waals surface area contributed by atoms with Gasteiger partial charge in [-0.1, -0.05) is 0 Å². The van der Waals surface area contributed by atoms with Crippen LogP contribution in [0.25, 0.3) is 5.65 Å². The molecule has 1 aliphatic heterocycles. The van der Waals surface area contributed by atoms with Gasteiger partial charge in [-0.15, -0.1) is 12.4 Å². The van der Waals surface area contributed by atoms with Crippen LogP contribution in [0.4, 0.5) is 0 Å². The lowest BCUT2D eigenvalue weighted by Gasteiger charge is -2.31. The fourth-order valence-corrected chi connectivity index (χ4v) is 2.40. The SMILES string of the molecule is C[C@H]1CN(Cc2cnc3cnccn23)CCN1.Cl. The minimum Gasteiger partial charge on any atom is -0.312 e. The molecule has 1 saturated heterocycles. The van der Waals surface area contributed by atoms with Crippen molar-refractivity contribution in [1.29, 1.82) is 0 Å². The van der Waals surface area contributed by atoms with Crippen molar-refractivity contribution < 1.29 is 0 Å². The molecule has 0 aromatic carbocycles. The molecule has 1 N–H and O–H groups in total. The second-order valence-electron chi connectivity index (χ2n) is 4.64. The normalized spacial score (nSPS) is 20.8. The van der Waals surface area contributed by atoms with Crippen LogP contribution in [-0.2, 0) is 6.54 Å². The summed E-state index contributed by atoms with van der Waals surface area (Å²) in [6.45, 7) is 6.45. The van der Waals surface area contributed by atoms with E-state index in [2.05, 4.69) is 31.5 Å². The fourth-order valence-electron chi connectivity index (χ4n) is 2.40. The van der Waals surface area contributed by atoms with E-state index in [0.29, 0.717) is 6.04 Å². The molecule has 3 rings (SSSR count). The molecule has 0 spiro atoms. The third kappa shape index (κ3) is 2.63. The Morgan fingerprint density at radius 3 is 3.17 bits per heavy atom. The molecule has 1 fully saturated rings. The molecule has 3 heterocycles. The third-order valence-electron chi connectivity index (χ3n) is 3.23. The largest absolute Gasteiger partial charge is 0.312 e. The van der Waals surface area contributed by atoms with Crippen molar-refractivity contribution in [3.8, 4) is 0 Å². The highest BCUT2D eigenvalue weighted by molar-refractivity contribution is 5.85. The third-order valence-corrected chi connectivity index (χ3v) is 3.23. The summed E-state index contributed by atoms with van der Waals surface area (Å²) in [7, 11) is 0. The summed E-state index contributed by atoms with van der Waals surface area (Å²) in [5.74, 6) is 0. The highest BCUT2D eigenvalue weighted by Crippen LogP contribution is 2.09. The molecule has 5 nitrogen and oxygen atoms in total. The number of nitrogens with zero attached hydrogens (tertiary/aromatic N) is 4. The van der Waals surface area contributed by atoms with E-state index in [1.165, 1.54) is 5.69 Å². The number of fused-ring (bicyclic) bond motifs is 1. The molecular formula is C12H18ClN5. The molecule has 98 valence electrons. The highest BCUT2D eigenvalue weighted by Gasteiger charge is 2.16. The summed E-state index contributed by atoms with van der Waals surface area (Å²) in [6.07, 6.45) is 7.52. The topological polar surface area (TPSA) is 45.5 Å². The van der Waals surface area contributed by atoms with Crippen molar-refractivity contribution in [2.45, 2.75) is 19.5 Å². The van der Waals surface area contributed by atoms with Gasteiger partial charge in [0.15, 0.2) is 5.65 Å². The van der Waals surface area contributed by atoms with E-state index >= 15 is 0 Å². The maximum Gasteiger partial charge on any atom is 0.155 e. The molecular weight excluding hydrogens is 250 g/mol. The summed E-state index contributed by atoms with van der Waals surface area (Å²) < 4.78 is 2.11. The monoisotopic (exact) mass is 267 g/mol. The molecule has 0 aliphatic carbocycles. The van der Waals surface area contributed by atoms with Crippen molar-refractivity contribution in [1.82, 2.24) is 24.6 Å². The van der Waals surface area contributed by atoms with Gasteiger partial charge < -0.3 is 5.32 Å². The number of rotatable bonds is 2. The van der Waals surface area contributed by atoms with Crippen LogP contribution in [0.3, 0.4) is 0 Å². The van der Waals surface area contributed by atoms with E-state index in [0.717, 1.165) is 31.8 Å². The Balaban J connectivity index is 0.00000120. The zero-order valence-electron chi connectivity index (χ0n) is 10.4. The molecule has 0 saturated carbocycles. The average Bonchev–Trinajstić information content (AvgIpc) is 2.73. The van der Waals surface area contributed by atoms with Gasteiger partial charge in [-0.05, 0) is 6.92 Å². The summed E-state index contributed by atoms with van der Waals surface area (Å²) in [5, 5.41) is 3.45. The van der Waals surface area contributed by atoms with Crippen LogP contribution in [0.2, 0.25) is 0 Å². The van der Waals surface area contributed by atoms with Crippen molar-refractivity contribution >= 4 is 18.1 Å². The lowest BCUT2D eigenvalue weighted by molar-refractivity contribution is 0.197. The van der Waals surface area contributed by atoms with Gasteiger partial charge in [0.1, 0.15) is 0 Å². The Kier molecular flexibility index (Phi) is 4.16. The molecule has 1 atom stereocenters. The minimum absolute atomic E-state index is 0. The molecule has 18 heavy (non-hydrogen) atoms. The van der Waals surface area contributed by atoms with Crippen molar-refractivity contribution in [3.05, 3.63) is 30.5 Å². The van der Waals surface area contributed by atoms with E-state index in [4.69, 9.17) is 0 Å². The fraction of sp³-hybridized carbons (Fsp3) is 0.500. The summed E-state index contributed by atoms with van der Waals surface area (Å²) in [5.41, 5.74) is 2.15. The van der Waals surface area contributed by atoms with Crippen molar-refractivity contribution in [2.75, 3.05) is 19.6 Å². The quantitative estimate of drug-likeness (QED) is 0.880. The molecule has 1 aliphatic rings. The second kappa shape index (κ2) is 5.65.